The highest BCUT2D eigenvalue weighted by Crippen LogP contribution is 2.33. The first-order valence-electron chi connectivity index (χ1n) is 9.05. The van der Waals surface area contributed by atoms with Crippen LogP contribution in [0.1, 0.15) is 30.4 Å². The van der Waals surface area contributed by atoms with Gasteiger partial charge in [0.05, 0.1) is 18.6 Å². The number of carbonyl (C=O) groups is 1. The van der Waals surface area contributed by atoms with E-state index in [4.69, 9.17) is 9.47 Å². The van der Waals surface area contributed by atoms with Gasteiger partial charge in [0, 0.05) is 31.8 Å². The number of hydrogen-bond donors (Lipinski definition) is 1. The molecule has 2 atom stereocenters. The van der Waals surface area contributed by atoms with Crippen molar-refractivity contribution in [3.63, 3.8) is 0 Å². The van der Waals surface area contributed by atoms with Crippen LogP contribution in [0.5, 0.6) is 0 Å². The molecule has 2 fully saturated rings. The molecule has 3 rings (SSSR count). The lowest BCUT2D eigenvalue weighted by Gasteiger charge is -2.39. The van der Waals surface area contributed by atoms with Gasteiger partial charge in [-0.3, -0.25) is 4.79 Å². The van der Waals surface area contributed by atoms with Gasteiger partial charge < -0.3 is 14.8 Å². The van der Waals surface area contributed by atoms with Gasteiger partial charge in [0.1, 0.15) is 0 Å². The van der Waals surface area contributed by atoms with Gasteiger partial charge in [0.2, 0.25) is 5.91 Å². The molecule has 0 aliphatic carbocycles. The maximum absolute atomic E-state index is 13.1. The zero-order chi connectivity index (χ0) is 18.6. The Morgan fingerprint density at radius 2 is 1.77 bits per heavy atom. The summed E-state index contributed by atoms with van der Waals surface area (Å²) in [5.41, 5.74) is -0.740. The van der Waals surface area contributed by atoms with Gasteiger partial charge in [0.15, 0.2) is 0 Å². The number of nitrogens with one attached hydrogen (secondary N) is 1. The van der Waals surface area contributed by atoms with Crippen molar-refractivity contribution in [2.75, 3.05) is 26.4 Å². The van der Waals surface area contributed by atoms with Gasteiger partial charge >= 0.3 is 6.18 Å². The van der Waals surface area contributed by atoms with Crippen LogP contribution in [0.4, 0.5) is 13.2 Å². The zero-order valence-corrected chi connectivity index (χ0v) is 14.6. The van der Waals surface area contributed by atoms with Crippen molar-refractivity contribution in [2.24, 2.45) is 11.8 Å². The summed E-state index contributed by atoms with van der Waals surface area (Å²) in [5.74, 6) is 0.233. The Bertz CT molecular complexity index is 614. The minimum Gasteiger partial charge on any atom is -0.381 e. The van der Waals surface area contributed by atoms with E-state index < -0.39 is 11.7 Å². The number of benzene rings is 1. The van der Waals surface area contributed by atoms with Crippen LogP contribution in [0.2, 0.25) is 0 Å². The van der Waals surface area contributed by atoms with Crippen LogP contribution in [-0.2, 0) is 26.9 Å². The van der Waals surface area contributed by atoms with Gasteiger partial charge in [-0.25, -0.2) is 0 Å². The summed E-state index contributed by atoms with van der Waals surface area (Å²) in [6.45, 7) is 2.56. The molecule has 2 heterocycles. The highest BCUT2D eigenvalue weighted by atomic mass is 19.4. The van der Waals surface area contributed by atoms with Crippen molar-refractivity contribution in [3.05, 3.63) is 35.4 Å². The van der Waals surface area contributed by atoms with E-state index in [-0.39, 0.29) is 29.9 Å². The fourth-order valence-electron chi connectivity index (χ4n) is 3.93. The van der Waals surface area contributed by atoms with Crippen molar-refractivity contribution in [1.82, 2.24) is 5.32 Å². The van der Waals surface area contributed by atoms with Gasteiger partial charge in [-0.15, -0.1) is 0 Å². The lowest BCUT2D eigenvalue weighted by atomic mass is 9.79. The summed E-state index contributed by atoms with van der Waals surface area (Å²) >= 11 is 0. The van der Waals surface area contributed by atoms with E-state index in [1.807, 2.05) is 0 Å². The SMILES string of the molecule is O=C(Cc1ccccc1C(F)(F)F)N[C@H]1CCOC[C@H]1C1CCOCC1. The number of halogens is 3. The van der Waals surface area contributed by atoms with Crippen LogP contribution >= 0.6 is 0 Å². The van der Waals surface area contributed by atoms with E-state index in [1.165, 1.54) is 18.2 Å². The van der Waals surface area contributed by atoms with Crippen LogP contribution < -0.4 is 5.32 Å². The molecular formula is C19H24F3NO3. The lowest BCUT2D eigenvalue weighted by Crippen LogP contribution is -2.49. The molecule has 1 N–H and O–H groups in total. The molecule has 0 spiro atoms. The summed E-state index contributed by atoms with van der Waals surface area (Å²) in [4.78, 5) is 12.4. The average molecular weight is 371 g/mol. The van der Waals surface area contributed by atoms with Crippen molar-refractivity contribution >= 4 is 5.91 Å². The first-order valence-corrected chi connectivity index (χ1v) is 9.05. The number of ether oxygens (including phenoxy) is 2. The van der Waals surface area contributed by atoms with Crippen molar-refractivity contribution in [3.8, 4) is 0 Å². The van der Waals surface area contributed by atoms with E-state index in [2.05, 4.69) is 5.32 Å². The van der Waals surface area contributed by atoms with Crippen LogP contribution in [0.15, 0.2) is 24.3 Å². The second-order valence-corrected chi connectivity index (χ2v) is 6.98. The Morgan fingerprint density at radius 1 is 1.08 bits per heavy atom. The normalized spacial score (nSPS) is 25.0. The summed E-state index contributed by atoms with van der Waals surface area (Å²) in [6.07, 6.45) is -2.18. The summed E-state index contributed by atoms with van der Waals surface area (Å²) < 4.78 is 50.3. The maximum Gasteiger partial charge on any atom is 0.416 e. The van der Waals surface area contributed by atoms with E-state index in [1.54, 1.807) is 0 Å². The Morgan fingerprint density at radius 3 is 2.50 bits per heavy atom. The van der Waals surface area contributed by atoms with Crippen LogP contribution in [-0.4, -0.2) is 38.4 Å². The number of hydrogen-bond acceptors (Lipinski definition) is 3. The van der Waals surface area contributed by atoms with Crippen molar-refractivity contribution in [2.45, 2.75) is 37.9 Å². The topological polar surface area (TPSA) is 47.6 Å². The number of alkyl halides is 3. The molecule has 7 heteroatoms. The fourth-order valence-corrected chi connectivity index (χ4v) is 3.93. The number of carbonyl (C=O) groups excluding carboxylic acids is 1. The third-order valence-corrected chi connectivity index (χ3v) is 5.29. The number of amides is 1. The Kier molecular flexibility index (Phi) is 6.19. The van der Waals surface area contributed by atoms with Gasteiger partial charge in [-0.2, -0.15) is 13.2 Å². The van der Waals surface area contributed by atoms with Crippen LogP contribution in [0, 0.1) is 11.8 Å². The minimum absolute atomic E-state index is 0.00664. The average Bonchev–Trinajstić information content (AvgIpc) is 2.62. The molecular weight excluding hydrogens is 347 g/mol. The second-order valence-electron chi connectivity index (χ2n) is 6.98. The fraction of sp³-hybridized carbons (Fsp3) is 0.632. The Labute approximate surface area is 151 Å². The molecule has 144 valence electrons. The molecule has 2 aliphatic rings. The predicted octanol–water partition coefficient (Wildman–Crippen LogP) is 3.20. The molecule has 1 amide bonds. The first kappa shape index (κ1) is 19.2. The number of rotatable bonds is 4. The maximum atomic E-state index is 13.1. The molecule has 0 unspecified atom stereocenters. The highest BCUT2D eigenvalue weighted by Gasteiger charge is 2.36. The molecule has 0 aromatic heterocycles. The molecule has 2 saturated heterocycles. The third-order valence-electron chi connectivity index (χ3n) is 5.29. The van der Waals surface area contributed by atoms with Gasteiger partial charge in [0.25, 0.3) is 0 Å². The smallest absolute Gasteiger partial charge is 0.381 e. The monoisotopic (exact) mass is 371 g/mol. The minimum atomic E-state index is -4.46. The predicted molar refractivity (Wildman–Crippen MR) is 89.5 cm³/mol. The molecule has 4 nitrogen and oxygen atoms in total. The van der Waals surface area contributed by atoms with E-state index in [0.29, 0.717) is 38.8 Å². The second kappa shape index (κ2) is 8.39. The standard InChI is InChI=1S/C19H24F3NO3/c20-19(21,22)16-4-2-1-3-14(16)11-18(24)23-17-7-10-26-12-15(17)13-5-8-25-9-6-13/h1-4,13,15,17H,5-12H2,(H,23,24)/t15-,17-/m0/s1. The van der Waals surface area contributed by atoms with Crippen molar-refractivity contribution < 1.29 is 27.4 Å². The van der Waals surface area contributed by atoms with Crippen LogP contribution in [0.25, 0.3) is 0 Å². The first-order chi connectivity index (χ1) is 12.4. The van der Waals surface area contributed by atoms with E-state index in [9.17, 15) is 18.0 Å². The molecule has 2 aliphatic heterocycles. The van der Waals surface area contributed by atoms with Crippen LogP contribution in [0.3, 0.4) is 0 Å². The molecule has 26 heavy (non-hydrogen) atoms. The van der Waals surface area contributed by atoms with Gasteiger partial charge in [-0.05, 0) is 36.8 Å². The summed E-state index contributed by atoms with van der Waals surface area (Å²) in [7, 11) is 0. The Balaban J connectivity index is 1.65. The molecule has 0 radical (unpaired) electrons. The molecule has 0 bridgehead atoms. The third kappa shape index (κ3) is 4.76. The largest absolute Gasteiger partial charge is 0.416 e. The van der Waals surface area contributed by atoms with Crippen molar-refractivity contribution in [1.29, 1.82) is 0 Å². The zero-order valence-electron chi connectivity index (χ0n) is 14.6. The summed E-state index contributed by atoms with van der Waals surface area (Å²) in [5, 5.41) is 2.97. The van der Waals surface area contributed by atoms with E-state index in [0.717, 1.165) is 18.9 Å². The highest BCUT2D eigenvalue weighted by molar-refractivity contribution is 5.79. The molecule has 1 aromatic rings. The summed E-state index contributed by atoms with van der Waals surface area (Å²) in [6, 6.07) is 5.18. The lowest BCUT2D eigenvalue weighted by molar-refractivity contribution is -0.138. The Hall–Kier alpha value is -1.60. The quantitative estimate of drug-likeness (QED) is 0.884. The van der Waals surface area contributed by atoms with E-state index >= 15 is 0 Å². The molecule has 1 aromatic carbocycles. The van der Waals surface area contributed by atoms with Gasteiger partial charge in [-0.1, -0.05) is 18.2 Å². The molecule has 0 saturated carbocycles.